The first kappa shape index (κ1) is 27.1. The van der Waals surface area contributed by atoms with Gasteiger partial charge < -0.3 is 19.9 Å². The van der Waals surface area contributed by atoms with Gasteiger partial charge in [0.15, 0.2) is 0 Å². The van der Waals surface area contributed by atoms with Crippen LogP contribution in [0.5, 0.6) is 5.75 Å². The van der Waals surface area contributed by atoms with Crippen molar-refractivity contribution in [2.45, 2.75) is 38.4 Å². The first-order chi connectivity index (χ1) is 17.1. The quantitative estimate of drug-likeness (QED) is 0.296. The number of aromatic carboxylic acids is 1. The predicted molar refractivity (Wildman–Crippen MR) is 134 cm³/mol. The molecule has 0 radical (unpaired) electrons. The number of fused-ring (bicyclic) bond motifs is 1. The molecule has 6 N–H and O–H groups in total. The number of nitrogens with zero attached hydrogens (tertiary/aromatic N) is 1. The van der Waals surface area contributed by atoms with E-state index in [9.17, 15) is 18.3 Å². The third-order valence-electron chi connectivity index (χ3n) is 6.28. The zero-order valence-electron chi connectivity index (χ0n) is 20.0. The highest BCUT2D eigenvalue weighted by Crippen LogP contribution is 2.37. The lowest BCUT2D eigenvalue weighted by atomic mass is 9.91. The minimum absolute atomic E-state index is 0.138. The van der Waals surface area contributed by atoms with Gasteiger partial charge in [-0.05, 0) is 55.2 Å². The summed E-state index contributed by atoms with van der Waals surface area (Å²) < 4.78 is 31.5. The summed E-state index contributed by atoms with van der Waals surface area (Å²) in [5.74, 6) is -0.195. The molecule has 2 aromatic carbocycles. The molecule has 4 rings (SSSR count). The van der Waals surface area contributed by atoms with Gasteiger partial charge in [-0.15, -0.1) is 0 Å². The van der Waals surface area contributed by atoms with E-state index < -0.39 is 16.2 Å². The van der Waals surface area contributed by atoms with Crippen LogP contribution in [0, 0.1) is 6.92 Å². The third kappa shape index (κ3) is 6.40. The molecule has 12 heteroatoms. The molecule has 0 unspecified atom stereocenters. The van der Waals surface area contributed by atoms with Crippen molar-refractivity contribution < 1.29 is 33.0 Å². The fraction of sp³-hybridized carbons (Fsp3) is 0.333. The largest absolute Gasteiger partial charge is 0.496 e. The van der Waals surface area contributed by atoms with Gasteiger partial charge in [-0.25, -0.2) is 9.93 Å². The zero-order chi connectivity index (χ0) is 26.5. The summed E-state index contributed by atoms with van der Waals surface area (Å²) in [4.78, 5) is 25.2. The van der Waals surface area contributed by atoms with E-state index in [1.807, 2.05) is 25.3 Å². The Hall–Kier alpha value is -3.45. The van der Waals surface area contributed by atoms with E-state index in [0.717, 1.165) is 33.3 Å². The number of H-pyrrole nitrogens is 1. The highest BCUT2D eigenvalue weighted by atomic mass is 32.2. The molecule has 1 saturated heterocycles. The van der Waals surface area contributed by atoms with Crippen molar-refractivity contribution in [1.29, 1.82) is 0 Å². The van der Waals surface area contributed by atoms with Crippen molar-refractivity contribution >= 4 is 33.6 Å². The summed E-state index contributed by atoms with van der Waals surface area (Å²) in [5.41, 5.74) is 4.31. The molecule has 0 saturated carbocycles. The Labute approximate surface area is 209 Å². The number of aromatic amines is 1. The van der Waals surface area contributed by atoms with E-state index in [1.54, 1.807) is 31.4 Å². The van der Waals surface area contributed by atoms with Gasteiger partial charge in [0.25, 0.3) is 16.7 Å². The fourth-order valence-corrected chi connectivity index (χ4v) is 5.40. The fourth-order valence-electron chi connectivity index (χ4n) is 4.72. The average molecular weight is 519 g/mol. The summed E-state index contributed by atoms with van der Waals surface area (Å²) in [6.07, 6.45) is 3.02. The maximum atomic E-state index is 11.6. The number of methoxy groups -OCH3 is 1. The monoisotopic (exact) mass is 518 g/mol. The summed E-state index contributed by atoms with van der Waals surface area (Å²) in [6.45, 7) is 3.00. The van der Waals surface area contributed by atoms with E-state index in [-0.39, 0.29) is 24.1 Å². The summed E-state index contributed by atoms with van der Waals surface area (Å²) in [5, 5.41) is 22.4. The predicted octanol–water partition coefficient (Wildman–Crippen LogP) is 2.38. The molecule has 11 nitrogen and oxygen atoms in total. The Kier molecular flexibility index (Phi) is 8.69. The maximum Gasteiger partial charge on any atom is 0.335 e. The number of aromatic nitrogens is 1. The first-order valence-corrected chi connectivity index (χ1v) is 12.7. The number of hydrogen-bond acceptors (Lipinski definition) is 6. The van der Waals surface area contributed by atoms with Crippen LogP contribution >= 0.6 is 0 Å². The van der Waals surface area contributed by atoms with Gasteiger partial charge in [0.1, 0.15) is 5.75 Å². The number of ether oxygens (including phenoxy) is 1. The highest BCUT2D eigenvalue weighted by molar-refractivity contribution is 7.87. The van der Waals surface area contributed by atoms with Crippen LogP contribution < -0.4 is 14.6 Å². The molecule has 2 atom stereocenters. The molecule has 0 spiro atoms. The number of carboxylic acids is 1. The molecule has 2 heterocycles. The molecule has 1 aliphatic rings. The molecule has 36 heavy (non-hydrogen) atoms. The number of rotatable bonds is 7. The van der Waals surface area contributed by atoms with Crippen LogP contribution in [0.2, 0.25) is 0 Å². The summed E-state index contributed by atoms with van der Waals surface area (Å²) in [6, 6.07) is 10.3. The molecule has 0 bridgehead atoms. The second-order valence-electron chi connectivity index (χ2n) is 8.54. The van der Waals surface area contributed by atoms with Gasteiger partial charge in [-0.3, -0.25) is 9.69 Å². The van der Waals surface area contributed by atoms with Crippen LogP contribution in [0.1, 0.15) is 45.9 Å². The van der Waals surface area contributed by atoms with E-state index in [0.29, 0.717) is 25.9 Å². The average Bonchev–Trinajstić information content (AvgIpc) is 3.32. The second-order valence-corrected chi connectivity index (χ2v) is 9.87. The number of piperidine rings is 1. The van der Waals surface area contributed by atoms with Gasteiger partial charge in [0, 0.05) is 47.8 Å². The van der Waals surface area contributed by atoms with E-state index in [1.165, 1.54) is 0 Å². The zero-order valence-corrected chi connectivity index (χ0v) is 20.8. The van der Waals surface area contributed by atoms with Crippen LogP contribution in [0.15, 0.2) is 42.6 Å². The normalized spacial score (nSPS) is 18.3. The van der Waals surface area contributed by atoms with Gasteiger partial charge >= 0.3 is 5.97 Å². The topological polar surface area (TPSA) is 175 Å². The summed E-state index contributed by atoms with van der Waals surface area (Å²) in [7, 11) is -2.18. The van der Waals surface area contributed by atoms with Gasteiger partial charge in [-0.1, -0.05) is 12.1 Å². The van der Waals surface area contributed by atoms with Gasteiger partial charge in [0.05, 0.1) is 12.7 Å². The van der Waals surface area contributed by atoms with Crippen molar-refractivity contribution in [1.82, 2.24) is 14.6 Å². The molecular weight excluding hydrogens is 488 g/mol. The maximum absolute atomic E-state index is 11.6. The lowest BCUT2D eigenvalue weighted by Gasteiger charge is -2.40. The molecule has 1 aliphatic heterocycles. The van der Waals surface area contributed by atoms with Crippen LogP contribution in [0.25, 0.3) is 10.9 Å². The number of hydrogen-bond donors (Lipinski definition) is 5. The Balaban J connectivity index is 0.00000115. The molecule has 1 fully saturated rings. The number of carboxylic acid groups (broad SMARTS) is 2. The Bertz CT molecular complexity index is 1320. The van der Waals surface area contributed by atoms with Gasteiger partial charge in [-0.2, -0.15) is 13.1 Å². The lowest BCUT2D eigenvalue weighted by molar-refractivity contribution is -0.122. The molecule has 0 amide bonds. The standard InChI is InChI=1S/C23H28N4O5S.CH2O2/c1-14-11-21(32-2)19(18-7-9-25-22(14)18)13-27-10-8-17(26-33(24,30)31)12-20(27)15-3-5-16(6-4-15)23(28)29;2-1-3/h3-7,9,11,17,20,25-26H,8,10,12-13H2,1-2H3,(H,28,29)(H2,24,30,31);1H,(H,2,3)/t17-,20-;/m1./s1. The van der Waals surface area contributed by atoms with Crippen molar-refractivity contribution in [3.63, 3.8) is 0 Å². The van der Waals surface area contributed by atoms with E-state index in [2.05, 4.69) is 14.6 Å². The number of benzene rings is 2. The molecule has 0 aliphatic carbocycles. The van der Waals surface area contributed by atoms with Crippen molar-refractivity contribution in [3.05, 3.63) is 64.8 Å². The van der Waals surface area contributed by atoms with Crippen LogP contribution in [0.4, 0.5) is 0 Å². The number of likely N-dealkylation sites (tertiary alicyclic amines) is 1. The first-order valence-electron chi connectivity index (χ1n) is 11.2. The smallest absolute Gasteiger partial charge is 0.335 e. The van der Waals surface area contributed by atoms with Crippen LogP contribution in [0.3, 0.4) is 0 Å². The van der Waals surface area contributed by atoms with E-state index in [4.69, 9.17) is 19.8 Å². The molecule has 3 aromatic rings. The van der Waals surface area contributed by atoms with Crippen molar-refractivity contribution in [3.8, 4) is 5.75 Å². The van der Waals surface area contributed by atoms with Crippen LogP contribution in [-0.4, -0.2) is 60.7 Å². The highest BCUT2D eigenvalue weighted by Gasteiger charge is 2.32. The van der Waals surface area contributed by atoms with Gasteiger partial charge in [0.2, 0.25) is 0 Å². The molecule has 1 aromatic heterocycles. The van der Waals surface area contributed by atoms with Crippen molar-refractivity contribution in [2.24, 2.45) is 5.14 Å². The Morgan fingerprint density at radius 1 is 1.31 bits per heavy atom. The molecular formula is C24H30N4O7S. The lowest BCUT2D eigenvalue weighted by Crippen LogP contribution is -2.47. The van der Waals surface area contributed by atoms with Crippen LogP contribution in [-0.2, 0) is 21.5 Å². The van der Waals surface area contributed by atoms with Crippen molar-refractivity contribution in [2.75, 3.05) is 13.7 Å². The Morgan fingerprint density at radius 3 is 2.56 bits per heavy atom. The van der Waals surface area contributed by atoms with E-state index >= 15 is 0 Å². The second kappa shape index (κ2) is 11.5. The minimum Gasteiger partial charge on any atom is -0.496 e. The summed E-state index contributed by atoms with van der Waals surface area (Å²) >= 11 is 0. The minimum atomic E-state index is -3.83. The molecule has 194 valence electrons. The number of nitrogens with one attached hydrogen (secondary N) is 2. The third-order valence-corrected chi connectivity index (χ3v) is 6.94. The number of carbonyl (C=O) groups is 2. The number of nitrogens with two attached hydrogens (primary N) is 1. The number of aryl methyl sites for hydroxylation is 1. The SMILES string of the molecule is COc1cc(C)c2[nH]ccc2c1CN1CC[C@@H](NS(N)(=O)=O)C[C@@H]1c1ccc(C(=O)O)cc1.O=CO. The Morgan fingerprint density at radius 2 is 1.97 bits per heavy atom.